The lowest BCUT2D eigenvalue weighted by Crippen LogP contribution is -2.38. The maximum Gasteiger partial charge on any atom is 0.237 e. The van der Waals surface area contributed by atoms with E-state index in [2.05, 4.69) is 0 Å². The molecule has 1 aromatic rings. The number of nitrogens with zero attached hydrogens (tertiary/aromatic N) is 1. The quantitative estimate of drug-likeness (QED) is 0.725. The molecule has 0 unspecified atom stereocenters. The van der Waals surface area contributed by atoms with Crippen LogP contribution in [0.4, 0.5) is 0 Å². The average Bonchev–Trinajstić information content (AvgIpc) is 2.36. The predicted molar refractivity (Wildman–Crippen MR) is 69.3 cm³/mol. The standard InChI is InChI=1S/C13H19N3O2/c14-8-4-7-13(18)16(10-12(15)17)9-11-5-2-1-3-6-11/h1-3,5-6H,4,7-10,14H2,(H2,15,17). The fourth-order valence-electron chi connectivity index (χ4n) is 1.64. The van der Waals surface area contributed by atoms with E-state index in [9.17, 15) is 9.59 Å². The summed E-state index contributed by atoms with van der Waals surface area (Å²) in [6, 6.07) is 9.50. The lowest BCUT2D eigenvalue weighted by molar-refractivity contribution is -0.135. The second-order valence-electron chi connectivity index (χ2n) is 4.09. The molecule has 4 N–H and O–H groups in total. The Morgan fingerprint density at radius 3 is 2.39 bits per heavy atom. The van der Waals surface area contributed by atoms with E-state index >= 15 is 0 Å². The summed E-state index contributed by atoms with van der Waals surface area (Å²) in [5.41, 5.74) is 11.5. The molecule has 5 nitrogen and oxygen atoms in total. The van der Waals surface area contributed by atoms with Crippen molar-refractivity contribution in [3.05, 3.63) is 35.9 Å². The Labute approximate surface area is 107 Å². The van der Waals surface area contributed by atoms with Crippen LogP contribution in [0.2, 0.25) is 0 Å². The third-order valence-electron chi connectivity index (χ3n) is 2.51. The Morgan fingerprint density at radius 1 is 1.17 bits per heavy atom. The fourth-order valence-corrected chi connectivity index (χ4v) is 1.64. The van der Waals surface area contributed by atoms with Crippen LogP contribution in [0.3, 0.4) is 0 Å². The van der Waals surface area contributed by atoms with Crippen LogP contribution in [0, 0.1) is 0 Å². The van der Waals surface area contributed by atoms with Crippen molar-refractivity contribution in [3.8, 4) is 0 Å². The highest BCUT2D eigenvalue weighted by Gasteiger charge is 2.15. The molecule has 0 saturated heterocycles. The summed E-state index contributed by atoms with van der Waals surface area (Å²) in [6.07, 6.45) is 0.958. The molecule has 0 spiro atoms. The van der Waals surface area contributed by atoms with Gasteiger partial charge in [-0.15, -0.1) is 0 Å². The van der Waals surface area contributed by atoms with Crippen molar-refractivity contribution < 1.29 is 9.59 Å². The minimum Gasteiger partial charge on any atom is -0.368 e. The zero-order valence-corrected chi connectivity index (χ0v) is 10.3. The molecule has 0 saturated carbocycles. The highest BCUT2D eigenvalue weighted by Crippen LogP contribution is 2.06. The van der Waals surface area contributed by atoms with E-state index in [0.29, 0.717) is 25.9 Å². The molecular weight excluding hydrogens is 230 g/mol. The minimum atomic E-state index is -0.507. The third-order valence-corrected chi connectivity index (χ3v) is 2.51. The normalized spacial score (nSPS) is 10.1. The van der Waals surface area contributed by atoms with E-state index in [1.165, 1.54) is 4.90 Å². The van der Waals surface area contributed by atoms with Crippen LogP contribution in [0.25, 0.3) is 0 Å². The number of nitrogens with two attached hydrogens (primary N) is 2. The average molecular weight is 249 g/mol. The van der Waals surface area contributed by atoms with Crippen LogP contribution in [-0.4, -0.2) is 29.8 Å². The number of carbonyl (C=O) groups is 2. The Balaban J connectivity index is 2.66. The molecule has 0 fully saturated rings. The topological polar surface area (TPSA) is 89.4 Å². The van der Waals surface area contributed by atoms with Crippen molar-refractivity contribution >= 4 is 11.8 Å². The summed E-state index contributed by atoms with van der Waals surface area (Å²) in [5.74, 6) is -0.602. The van der Waals surface area contributed by atoms with Gasteiger partial charge < -0.3 is 16.4 Å². The number of primary amides is 1. The predicted octanol–water partition coefficient (Wildman–Crippen LogP) is 0.239. The summed E-state index contributed by atoms with van der Waals surface area (Å²) in [7, 11) is 0. The highest BCUT2D eigenvalue weighted by molar-refractivity contribution is 5.83. The number of benzene rings is 1. The molecule has 0 aliphatic carbocycles. The van der Waals surface area contributed by atoms with Crippen molar-refractivity contribution in [1.29, 1.82) is 0 Å². The van der Waals surface area contributed by atoms with Crippen molar-refractivity contribution in [2.45, 2.75) is 19.4 Å². The molecule has 0 radical (unpaired) electrons. The molecule has 0 heterocycles. The molecule has 98 valence electrons. The van der Waals surface area contributed by atoms with E-state index in [4.69, 9.17) is 11.5 Å². The first kappa shape index (κ1) is 14.2. The molecule has 5 heteroatoms. The number of carbonyl (C=O) groups excluding carboxylic acids is 2. The fraction of sp³-hybridized carbons (Fsp3) is 0.385. The number of hydrogen-bond donors (Lipinski definition) is 2. The summed E-state index contributed by atoms with van der Waals surface area (Å²) in [4.78, 5) is 24.4. The molecule has 0 aromatic heterocycles. The van der Waals surface area contributed by atoms with E-state index in [-0.39, 0.29) is 12.5 Å². The summed E-state index contributed by atoms with van der Waals surface area (Å²) in [6.45, 7) is 0.799. The molecule has 0 aliphatic heterocycles. The number of amides is 2. The first-order chi connectivity index (χ1) is 8.63. The van der Waals surface area contributed by atoms with E-state index < -0.39 is 5.91 Å². The molecule has 0 atom stereocenters. The molecule has 1 rings (SSSR count). The number of hydrogen-bond acceptors (Lipinski definition) is 3. The van der Waals surface area contributed by atoms with E-state index in [1.807, 2.05) is 30.3 Å². The van der Waals surface area contributed by atoms with Gasteiger partial charge in [-0.3, -0.25) is 9.59 Å². The Kier molecular flexibility index (Phi) is 5.87. The lowest BCUT2D eigenvalue weighted by atomic mass is 10.2. The van der Waals surface area contributed by atoms with E-state index in [0.717, 1.165) is 5.56 Å². The molecule has 1 aromatic carbocycles. The maximum atomic E-state index is 11.9. The first-order valence-electron chi connectivity index (χ1n) is 5.93. The van der Waals surface area contributed by atoms with Crippen LogP contribution in [0.5, 0.6) is 0 Å². The lowest BCUT2D eigenvalue weighted by Gasteiger charge is -2.21. The molecule has 18 heavy (non-hydrogen) atoms. The summed E-state index contributed by atoms with van der Waals surface area (Å²) >= 11 is 0. The van der Waals surface area contributed by atoms with Crippen LogP contribution >= 0.6 is 0 Å². The van der Waals surface area contributed by atoms with Crippen molar-refractivity contribution in [1.82, 2.24) is 4.90 Å². The Bertz CT molecular complexity index is 392. The highest BCUT2D eigenvalue weighted by atomic mass is 16.2. The smallest absolute Gasteiger partial charge is 0.237 e. The van der Waals surface area contributed by atoms with Crippen molar-refractivity contribution in [2.75, 3.05) is 13.1 Å². The molecular formula is C13H19N3O2. The van der Waals surface area contributed by atoms with Crippen LogP contribution < -0.4 is 11.5 Å². The maximum absolute atomic E-state index is 11.9. The van der Waals surface area contributed by atoms with Gasteiger partial charge in [-0.05, 0) is 18.5 Å². The number of rotatable bonds is 7. The van der Waals surface area contributed by atoms with Gasteiger partial charge in [0.2, 0.25) is 11.8 Å². The van der Waals surface area contributed by atoms with E-state index in [1.54, 1.807) is 0 Å². The van der Waals surface area contributed by atoms with Crippen LogP contribution in [0.15, 0.2) is 30.3 Å². The zero-order chi connectivity index (χ0) is 13.4. The van der Waals surface area contributed by atoms with Gasteiger partial charge in [0, 0.05) is 13.0 Å². The SMILES string of the molecule is NCCCC(=O)N(CC(N)=O)Cc1ccccc1. The van der Waals surface area contributed by atoms with Crippen molar-refractivity contribution in [3.63, 3.8) is 0 Å². The Hall–Kier alpha value is -1.88. The van der Waals surface area contributed by atoms with Gasteiger partial charge in [-0.2, -0.15) is 0 Å². The largest absolute Gasteiger partial charge is 0.368 e. The van der Waals surface area contributed by atoms with Gasteiger partial charge in [-0.25, -0.2) is 0 Å². The third kappa shape index (κ3) is 4.97. The monoisotopic (exact) mass is 249 g/mol. The molecule has 2 amide bonds. The van der Waals surface area contributed by atoms with Gasteiger partial charge in [0.05, 0.1) is 6.54 Å². The van der Waals surface area contributed by atoms with Crippen molar-refractivity contribution in [2.24, 2.45) is 11.5 Å². The van der Waals surface area contributed by atoms with Gasteiger partial charge in [0.25, 0.3) is 0 Å². The van der Waals surface area contributed by atoms with Gasteiger partial charge >= 0.3 is 0 Å². The summed E-state index contributed by atoms with van der Waals surface area (Å²) < 4.78 is 0. The van der Waals surface area contributed by atoms with Gasteiger partial charge in [0.15, 0.2) is 0 Å². The Morgan fingerprint density at radius 2 is 1.83 bits per heavy atom. The van der Waals surface area contributed by atoms with Crippen LogP contribution in [-0.2, 0) is 16.1 Å². The van der Waals surface area contributed by atoms with Gasteiger partial charge in [0.1, 0.15) is 0 Å². The second-order valence-corrected chi connectivity index (χ2v) is 4.09. The second kappa shape index (κ2) is 7.45. The van der Waals surface area contributed by atoms with Crippen LogP contribution in [0.1, 0.15) is 18.4 Å². The van der Waals surface area contributed by atoms with Gasteiger partial charge in [-0.1, -0.05) is 30.3 Å². The molecule has 0 aliphatic rings. The first-order valence-corrected chi connectivity index (χ1v) is 5.93. The molecule has 0 bridgehead atoms. The zero-order valence-electron chi connectivity index (χ0n) is 10.3. The summed E-state index contributed by atoms with van der Waals surface area (Å²) in [5, 5.41) is 0. The minimum absolute atomic E-state index is 0.0572.